The molecule has 0 saturated carbocycles. The van der Waals surface area contributed by atoms with Crippen molar-refractivity contribution in [1.29, 1.82) is 0 Å². The number of aliphatic imine (C=N–C) groups is 1. The molecule has 0 spiro atoms. The zero-order valence-corrected chi connectivity index (χ0v) is 19.0. The van der Waals surface area contributed by atoms with Gasteiger partial charge in [-0.3, -0.25) is 14.4 Å². The molecule has 0 bridgehead atoms. The van der Waals surface area contributed by atoms with Crippen LogP contribution in [0.5, 0.6) is 0 Å². The number of fused-ring (bicyclic) bond motifs is 1. The lowest BCUT2D eigenvalue weighted by Gasteiger charge is -2.36. The summed E-state index contributed by atoms with van der Waals surface area (Å²) in [5.41, 5.74) is 0.394. The van der Waals surface area contributed by atoms with Crippen LogP contribution in [-0.2, 0) is 13.8 Å². The minimum atomic E-state index is -1.45. The van der Waals surface area contributed by atoms with Crippen LogP contribution in [0.25, 0.3) is 11.2 Å². The lowest BCUT2D eigenvalue weighted by Crippen LogP contribution is -2.35. The van der Waals surface area contributed by atoms with Gasteiger partial charge in [-0.25, -0.2) is 14.6 Å². The van der Waals surface area contributed by atoms with Crippen molar-refractivity contribution >= 4 is 26.1 Å². The second-order valence-electron chi connectivity index (χ2n) is 7.58. The van der Waals surface area contributed by atoms with Crippen molar-refractivity contribution in [2.75, 3.05) is 6.54 Å². The molecule has 1 aliphatic rings. The molecule has 4 atom stereocenters. The van der Waals surface area contributed by atoms with Gasteiger partial charge in [-0.05, 0) is 41.5 Å². The molecule has 30 heavy (non-hydrogen) atoms. The summed E-state index contributed by atoms with van der Waals surface area (Å²) in [6, 6.07) is 0.393. The Hall–Kier alpha value is -1.87. The van der Waals surface area contributed by atoms with E-state index in [1.807, 2.05) is 6.92 Å². The van der Waals surface area contributed by atoms with Gasteiger partial charge in [0.15, 0.2) is 17.6 Å². The van der Waals surface area contributed by atoms with E-state index in [1.165, 1.54) is 12.7 Å². The number of H-pyrrole nitrogens is 1. The number of nitrogens with zero attached hydrogens (tertiary/aromatic N) is 5. The van der Waals surface area contributed by atoms with Crippen LogP contribution in [0.15, 0.2) is 22.4 Å². The van der Waals surface area contributed by atoms with Crippen LogP contribution < -0.4 is 5.56 Å². The van der Waals surface area contributed by atoms with E-state index in [1.54, 1.807) is 10.9 Å². The Morgan fingerprint density at radius 3 is 2.90 bits per heavy atom. The van der Waals surface area contributed by atoms with Gasteiger partial charge in [0.2, 0.25) is 0 Å². The minimum Gasteiger partial charge on any atom is -0.425 e. The molecule has 1 saturated heterocycles. The lowest BCUT2D eigenvalue weighted by atomic mass is 10.2. The summed E-state index contributed by atoms with van der Waals surface area (Å²) in [6.07, 6.45) is 3.59. The summed E-state index contributed by atoms with van der Waals surface area (Å²) in [4.78, 5) is 27.1. The van der Waals surface area contributed by atoms with Gasteiger partial charge >= 0.3 is 8.53 Å². The molecule has 3 unspecified atom stereocenters. The molecular weight excluding hydrogens is 407 g/mol. The number of nitrogens with one attached hydrogen (secondary N) is 1. The Balaban J connectivity index is 1.83. The van der Waals surface area contributed by atoms with E-state index in [0.29, 0.717) is 18.6 Å². The smallest absolute Gasteiger partial charge is 0.322 e. The molecule has 2 aromatic heterocycles. The topological polar surface area (TPSA) is 107 Å². The first kappa shape index (κ1) is 21.4. The first-order valence-electron chi connectivity index (χ1n) is 10.8. The average Bonchev–Trinajstić information content (AvgIpc) is 3.32. The van der Waals surface area contributed by atoms with Gasteiger partial charge in [-0.1, -0.05) is 0 Å². The zero-order chi connectivity index (χ0) is 22.5. The van der Waals surface area contributed by atoms with Gasteiger partial charge in [0.25, 0.3) is 5.56 Å². The fraction of sp³-hybridized carbons (Fsp3) is 0.684. The fourth-order valence-electron chi connectivity index (χ4n) is 3.43. The van der Waals surface area contributed by atoms with Crippen LogP contribution >= 0.6 is 8.53 Å². The largest absolute Gasteiger partial charge is 0.425 e. The Kier molecular flexibility index (Phi) is 7.09. The molecule has 1 aliphatic heterocycles. The third-order valence-electron chi connectivity index (χ3n) is 4.72. The summed E-state index contributed by atoms with van der Waals surface area (Å²) in [5.74, 6) is 0. The highest BCUT2D eigenvalue weighted by molar-refractivity contribution is 7.45. The predicted molar refractivity (Wildman–Crippen MR) is 116 cm³/mol. The van der Waals surface area contributed by atoms with Crippen molar-refractivity contribution < 1.29 is 15.2 Å². The second kappa shape index (κ2) is 9.96. The molecule has 11 heteroatoms. The monoisotopic (exact) mass is 439 g/mol. The maximum absolute atomic E-state index is 12.0. The van der Waals surface area contributed by atoms with Crippen LogP contribution in [0.4, 0.5) is 0 Å². The maximum atomic E-state index is 12.0. The van der Waals surface area contributed by atoms with Gasteiger partial charge in [-0.2, -0.15) is 0 Å². The van der Waals surface area contributed by atoms with E-state index in [2.05, 4.69) is 52.3 Å². The minimum absolute atomic E-state index is 0.0391. The summed E-state index contributed by atoms with van der Waals surface area (Å²) >= 11 is 0. The first-order valence-corrected chi connectivity index (χ1v) is 11.3. The average molecular weight is 439 g/mol. The van der Waals surface area contributed by atoms with Gasteiger partial charge in [-0.15, -0.1) is 0 Å². The highest BCUT2D eigenvalue weighted by Gasteiger charge is 2.40. The van der Waals surface area contributed by atoms with Crippen molar-refractivity contribution in [2.24, 2.45) is 4.99 Å². The first-order chi connectivity index (χ1) is 14.9. The molecule has 166 valence electrons. The fourth-order valence-corrected chi connectivity index (χ4v) is 5.05. The lowest BCUT2D eigenvalue weighted by molar-refractivity contribution is -0.00382. The van der Waals surface area contributed by atoms with Crippen molar-refractivity contribution in [2.45, 2.75) is 78.5 Å². The van der Waals surface area contributed by atoms with Gasteiger partial charge in [0, 0.05) is 26.4 Å². The van der Waals surface area contributed by atoms with Crippen LogP contribution in [0.2, 0.25) is 0 Å². The Bertz CT molecular complexity index is 928. The van der Waals surface area contributed by atoms with Crippen molar-refractivity contribution in [1.82, 2.24) is 24.2 Å². The number of aromatic nitrogens is 4. The predicted octanol–water partition coefficient (Wildman–Crippen LogP) is 3.22. The molecule has 1 N–H and O–H groups in total. The normalized spacial score (nSPS) is 23.9. The summed E-state index contributed by atoms with van der Waals surface area (Å²) in [7, 11) is -1.45. The van der Waals surface area contributed by atoms with E-state index >= 15 is 0 Å². The number of rotatable bonds is 9. The van der Waals surface area contributed by atoms with Gasteiger partial charge in [0.1, 0.15) is 6.23 Å². The highest BCUT2D eigenvalue weighted by Crippen LogP contribution is 2.49. The second-order valence-corrected chi connectivity index (χ2v) is 8.94. The number of imidazole rings is 1. The summed E-state index contributed by atoms with van der Waals surface area (Å²) in [6.45, 7) is 11.0. The molecule has 0 aromatic carbocycles. The summed E-state index contributed by atoms with van der Waals surface area (Å²) < 4.78 is 30.3. The van der Waals surface area contributed by atoms with E-state index < -0.39 is 20.9 Å². The molecule has 3 heterocycles. The number of ether oxygens (including phenoxy) is 1. The molecule has 0 radical (unpaired) electrons. The molecule has 10 nitrogen and oxygen atoms in total. The van der Waals surface area contributed by atoms with E-state index in [4.69, 9.17) is 15.2 Å². The molecular formula is C19H31N6O4P. The van der Waals surface area contributed by atoms with Crippen molar-refractivity contribution in [3.8, 4) is 0 Å². The number of hydrogen-bond acceptors (Lipinski definition) is 8. The summed E-state index contributed by atoms with van der Waals surface area (Å²) in [5, 5.41) is 0. The molecule has 3 rings (SSSR count). The number of aromatic amines is 1. The zero-order valence-electron chi connectivity index (χ0n) is 19.1. The molecule has 0 amide bonds. The SMILES string of the molecule is [2H]CC1OC(n2cnc3c(=O)[nH]cnc32)C[C@H]1OP(OC=NCC)N(C(C)C)C(C)C. The van der Waals surface area contributed by atoms with Crippen molar-refractivity contribution in [3.05, 3.63) is 23.0 Å². The van der Waals surface area contributed by atoms with Crippen LogP contribution in [-0.4, -0.2) is 61.4 Å². The standard InChI is InChI=1S/C19H31N6O4P/c1-7-20-11-27-30(25(12(2)3)13(4)5)29-15-8-16(28-14(15)6)24-10-23-17-18(24)21-9-22-19(17)26/h9-16H,7-8H2,1-6H3,(H,21,22,26)/t14?,15-,16?,30?/m1/s1/i6D. The van der Waals surface area contributed by atoms with Crippen molar-refractivity contribution in [3.63, 3.8) is 0 Å². The molecule has 2 aromatic rings. The third-order valence-corrected chi connectivity index (χ3v) is 6.75. The number of hydrogen-bond donors (Lipinski definition) is 1. The van der Waals surface area contributed by atoms with Crippen LogP contribution in [0.1, 0.15) is 55.5 Å². The Morgan fingerprint density at radius 1 is 1.47 bits per heavy atom. The quantitative estimate of drug-likeness (QED) is 0.363. The molecule has 0 aliphatic carbocycles. The van der Waals surface area contributed by atoms with Gasteiger partial charge in [0.05, 0.1) is 24.9 Å². The Morgan fingerprint density at radius 2 is 2.23 bits per heavy atom. The highest BCUT2D eigenvalue weighted by atomic mass is 31.2. The third kappa shape index (κ3) is 4.88. The molecule has 1 fully saturated rings. The Labute approximate surface area is 179 Å². The maximum Gasteiger partial charge on any atom is 0.322 e. The van der Waals surface area contributed by atoms with E-state index in [-0.39, 0.29) is 36.2 Å². The van der Waals surface area contributed by atoms with E-state index in [9.17, 15) is 4.79 Å². The van der Waals surface area contributed by atoms with Gasteiger partial charge < -0.3 is 18.8 Å². The van der Waals surface area contributed by atoms with Crippen LogP contribution in [0, 0.1) is 0 Å². The van der Waals surface area contributed by atoms with Crippen LogP contribution in [0.3, 0.4) is 0 Å². The van der Waals surface area contributed by atoms with E-state index in [0.717, 1.165) is 0 Å².